The maximum absolute atomic E-state index is 12.4. The lowest BCUT2D eigenvalue weighted by Gasteiger charge is -2.17. The zero-order valence-corrected chi connectivity index (χ0v) is 17.7. The van der Waals surface area contributed by atoms with E-state index in [0.717, 1.165) is 27.8 Å². The second kappa shape index (κ2) is 9.51. The molecule has 7 nitrogen and oxygen atoms in total. The number of hydrogen-bond donors (Lipinski definition) is 2. The highest BCUT2D eigenvalue weighted by Gasteiger charge is 2.29. The molecule has 0 spiro atoms. The van der Waals surface area contributed by atoms with Gasteiger partial charge in [0.15, 0.2) is 0 Å². The maximum Gasteiger partial charge on any atom is 0.407 e. The van der Waals surface area contributed by atoms with Crippen molar-refractivity contribution in [1.82, 2.24) is 10.3 Å². The van der Waals surface area contributed by atoms with Gasteiger partial charge < -0.3 is 19.9 Å². The number of carbonyl (C=O) groups excluding carboxylic acids is 1. The van der Waals surface area contributed by atoms with Crippen molar-refractivity contribution in [1.29, 1.82) is 0 Å². The van der Waals surface area contributed by atoms with Crippen LogP contribution >= 0.6 is 0 Å². The minimum absolute atomic E-state index is 0.0840. The van der Waals surface area contributed by atoms with Gasteiger partial charge in [-0.3, -0.25) is 4.98 Å². The average Bonchev–Trinajstić information content (AvgIpc) is 3.14. The van der Waals surface area contributed by atoms with Crippen molar-refractivity contribution in [3.63, 3.8) is 0 Å². The first kappa shape index (κ1) is 21.4. The lowest BCUT2D eigenvalue weighted by atomic mass is 9.98. The lowest BCUT2D eigenvalue weighted by Crippen LogP contribution is -2.41. The summed E-state index contributed by atoms with van der Waals surface area (Å²) in [5.41, 5.74) is 5.29. The van der Waals surface area contributed by atoms with Crippen molar-refractivity contribution in [3.05, 3.63) is 83.7 Å². The smallest absolute Gasteiger partial charge is 0.407 e. The molecule has 0 unspecified atom stereocenters. The van der Waals surface area contributed by atoms with Crippen LogP contribution in [0.15, 0.2) is 67.0 Å². The number of ether oxygens (including phenoxy) is 2. The van der Waals surface area contributed by atoms with E-state index in [1.54, 1.807) is 25.6 Å². The molecule has 2 aromatic carbocycles. The normalized spacial score (nSPS) is 13.0. The van der Waals surface area contributed by atoms with E-state index in [1.807, 2.05) is 36.4 Å². The highest BCUT2D eigenvalue weighted by atomic mass is 16.5. The van der Waals surface area contributed by atoms with Crippen molar-refractivity contribution < 1.29 is 24.2 Å². The lowest BCUT2D eigenvalue weighted by molar-refractivity contribution is -0.139. The molecule has 1 heterocycles. The Morgan fingerprint density at radius 2 is 1.72 bits per heavy atom. The highest BCUT2D eigenvalue weighted by molar-refractivity contribution is 5.81. The Hall–Kier alpha value is -3.87. The van der Waals surface area contributed by atoms with Crippen LogP contribution in [0.2, 0.25) is 0 Å². The summed E-state index contributed by atoms with van der Waals surface area (Å²) in [7, 11) is 1.54. The van der Waals surface area contributed by atoms with Crippen molar-refractivity contribution >= 4 is 12.1 Å². The molecule has 1 aromatic heterocycles. The number of rotatable bonds is 8. The van der Waals surface area contributed by atoms with Crippen LogP contribution in [0.1, 0.15) is 29.0 Å². The van der Waals surface area contributed by atoms with Crippen molar-refractivity contribution in [3.8, 4) is 16.9 Å². The Morgan fingerprint density at radius 1 is 1.06 bits per heavy atom. The van der Waals surface area contributed by atoms with Gasteiger partial charge >= 0.3 is 12.1 Å². The van der Waals surface area contributed by atoms with Crippen LogP contribution in [-0.2, 0) is 16.0 Å². The first-order chi connectivity index (χ1) is 15.6. The van der Waals surface area contributed by atoms with Gasteiger partial charge in [-0.1, -0.05) is 48.5 Å². The number of benzene rings is 2. The van der Waals surface area contributed by atoms with E-state index in [9.17, 15) is 14.7 Å². The van der Waals surface area contributed by atoms with Crippen molar-refractivity contribution in [2.24, 2.45) is 0 Å². The Labute approximate surface area is 186 Å². The largest absolute Gasteiger partial charge is 0.495 e. The molecular formula is C25H24N2O5. The maximum atomic E-state index is 12.4. The second-order valence-electron chi connectivity index (χ2n) is 7.63. The number of carboxylic acid groups (broad SMARTS) is 1. The van der Waals surface area contributed by atoms with Crippen LogP contribution in [0.5, 0.6) is 5.75 Å². The third-order valence-electron chi connectivity index (χ3n) is 5.66. The summed E-state index contributed by atoms with van der Waals surface area (Å²) in [4.78, 5) is 28.1. The zero-order valence-electron chi connectivity index (χ0n) is 17.7. The van der Waals surface area contributed by atoms with E-state index in [4.69, 9.17) is 9.47 Å². The number of aliphatic carboxylic acids is 1. The molecule has 1 atom stereocenters. The summed E-state index contributed by atoms with van der Waals surface area (Å²) in [5.74, 6) is -0.604. The van der Waals surface area contributed by atoms with Gasteiger partial charge in [0, 0.05) is 12.1 Å². The number of amides is 1. The molecule has 32 heavy (non-hydrogen) atoms. The van der Waals surface area contributed by atoms with Crippen LogP contribution in [0, 0.1) is 0 Å². The molecule has 3 aromatic rings. The van der Waals surface area contributed by atoms with Gasteiger partial charge in [-0.15, -0.1) is 0 Å². The second-order valence-corrected chi connectivity index (χ2v) is 7.63. The number of nitrogens with one attached hydrogen (secondary N) is 1. The van der Waals surface area contributed by atoms with Crippen LogP contribution in [-0.4, -0.2) is 41.9 Å². The minimum atomic E-state index is -1.12. The van der Waals surface area contributed by atoms with Crippen molar-refractivity contribution in [2.45, 2.75) is 24.8 Å². The summed E-state index contributed by atoms with van der Waals surface area (Å²) >= 11 is 0. The Morgan fingerprint density at radius 3 is 2.34 bits per heavy atom. The molecule has 4 rings (SSSR count). The predicted octanol–water partition coefficient (Wildman–Crippen LogP) is 4.01. The highest BCUT2D eigenvalue weighted by Crippen LogP contribution is 2.44. The number of methoxy groups -OCH3 is 1. The van der Waals surface area contributed by atoms with Gasteiger partial charge in [-0.05, 0) is 46.7 Å². The number of pyridine rings is 1. The van der Waals surface area contributed by atoms with Gasteiger partial charge in [0.05, 0.1) is 13.3 Å². The predicted molar refractivity (Wildman–Crippen MR) is 119 cm³/mol. The molecule has 1 amide bonds. The van der Waals surface area contributed by atoms with Gasteiger partial charge in [-0.25, -0.2) is 9.59 Å². The molecule has 1 aliphatic rings. The van der Waals surface area contributed by atoms with Crippen molar-refractivity contribution in [2.75, 3.05) is 13.7 Å². The number of fused-ring (bicyclic) bond motifs is 3. The number of carboxylic acids is 1. The molecule has 0 radical (unpaired) electrons. The summed E-state index contributed by atoms with van der Waals surface area (Å²) in [6, 6.07) is 16.8. The number of carbonyl (C=O) groups is 2. The topological polar surface area (TPSA) is 97.8 Å². The molecular weight excluding hydrogens is 408 g/mol. The number of hydrogen-bond acceptors (Lipinski definition) is 5. The zero-order chi connectivity index (χ0) is 22.5. The first-order valence-corrected chi connectivity index (χ1v) is 10.4. The Balaban J connectivity index is 1.37. The van der Waals surface area contributed by atoms with Crippen LogP contribution < -0.4 is 10.1 Å². The summed E-state index contributed by atoms with van der Waals surface area (Å²) in [5, 5.41) is 12.0. The molecule has 0 saturated carbocycles. The van der Waals surface area contributed by atoms with E-state index >= 15 is 0 Å². The molecule has 0 bridgehead atoms. The van der Waals surface area contributed by atoms with Gasteiger partial charge in [-0.2, -0.15) is 0 Å². The van der Waals surface area contributed by atoms with E-state index in [0.29, 0.717) is 12.2 Å². The molecule has 0 fully saturated rings. The minimum Gasteiger partial charge on any atom is -0.495 e. The third-order valence-corrected chi connectivity index (χ3v) is 5.66. The third kappa shape index (κ3) is 4.56. The fourth-order valence-electron chi connectivity index (χ4n) is 4.06. The van der Waals surface area contributed by atoms with Gasteiger partial charge in [0.25, 0.3) is 0 Å². The molecule has 0 aliphatic heterocycles. The van der Waals surface area contributed by atoms with E-state index in [-0.39, 0.29) is 18.9 Å². The van der Waals surface area contributed by atoms with Crippen LogP contribution in [0.25, 0.3) is 11.1 Å². The summed E-state index contributed by atoms with van der Waals surface area (Å²) in [6.45, 7) is 0.131. The number of alkyl carbamates (subject to hydrolysis) is 1. The monoisotopic (exact) mass is 432 g/mol. The van der Waals surface area contributed by atoms with Crippen LogP contribution in [0.3, 0.4) is 0 Å². The van der Waals surface area contributed by atoms with Crippen LogP contribution in [0.4, 0.5) is 4.79 Å². The molecule has 1 aliphatic carbocycles. The Bertz CT molecular complexity index is 1090. The average molecular weight is 432 g/mol. The molecule has 0 saturated heterocycles. The Kier molecular flexibility index (Phi) is 6.35. The number of aryl methyl sites for hydroxylation is 1. The quantitative estimate of drug-likeness (QED) is 0.558. The summed E-state index contributed by atoms with van der Waals surface area (Å²) < 4.78 is 10.6. The standard InChI is InChI=1S/C25H24N2O5/c1-31-17-12-16(13-26-14-17)10-11-23(24(28)29)27-25(30)32-15-22-20-8-4-2-6-18(20)19-7-3-5-9-21(19)22/h2-9,12-14,22-23H,10-11,15H2,1H3,(H,27,30)(H,28,29)/t23-/m1/s1. The van der Waals surface area contributed by atoms with E-state index in [2.05, 4.69) is 22.4 Å². The van der Waals surface area contributed by atoms with E-state index in [1.165, 1.54) is 0 Å². The van der Waals surface area contributed by atoms with Gasteiger partial charge in [0.1, 0.15) is 18.4 Å². The first-order valence-electron chi connectivity index (χ1n) is 10.4. The molecule has 2 N–H and O–H groups in total. The fraction of sp³-hybridized carbons (Fsp3) is 0.240. The number of aromatic nitrogens is 1. The molecule has 164 valence electrons. The van der Waals surface area contributed by atoms with E-state index < -0.39 is 18.1 Å². The molecule has 7 heteroatoms. The summed E-state index contributed by atoms with van der Waals surface area (Å²) in [6.07, 6.45) is 3.10. The SMILES string of the molecule is COc1cncc(CC[C@@H](NC(=O)OCC2c3ccccc3-c3ccccc32)C(=O)O)c1. The number of nitrogens with zero attached hydrogens (tertiary/aromatic N) is 1. The fourth-order valence-corrected chi connectivity index (χ4v) is 4.06. The van der Waals surface area contributed by atoms with Gasteiger partial charge in [0.2, 0.25) is 0 Å².